The van der Waals surface area contributed by atoms with Crippen LogP contribution in [0, 0.1) is 0 Å². The molecule has 0 aliphatic rings. The fourth-order valence-corrected chi connectivity index (χ4v) is 1.23. The molecule has 1 aromatic carbocycles. The molecule has 1 atom stereocenters. The first kappa shape index (κ1) is 10.8. The summed E-state index contributed by atoms with van der Waals surface area (Å²) in [5.74, 6) is 0.812. The van der Waals surface area contributed by atoms with Gasteiger partial charge in [0.15, 0.2) is 0 Å². The fourth-order valence-electron chi connectivity index (χ4n) is 1.23. The van der Waals surface area contributed by atoms with Crippen LogP contribution in [0.1, 0.15) is 25.0 Å². The Morgan fingerprint density at radius 2 is 2.00 bits per heavy atom. The zero-order chi connectivity index (χ0) is 10.4. The molecule has 0 aliphatic carbocycles. The van der Waals surface area contributed by atoms with Crippen LogP contribution in [0.3, 0.4) is 0 Å². The Hall–Kier alpha value is -1.28. The van der Waals surface area contributed by atoms with Gasteiger partial charge in [0.2, 0.25) is 0 Å². The van der Waals surface area contributed by atoms with Crippen LogP contribution in [0.2, 0.25) is 0 Å². The highest BCUT2D eigenvalue weighted by Crippen LogP contribution is 2.20. The summed E-state index contributed by atoms with van der Waals surface area (Å²) in [4.78, 5) is 0. The Kier molecular flexibility index (Phi) is 4.20. The SMILES string of the molecule is C/C=C/C[C@H](O)c1ccc(OC)cc1. The average Bonchev–Trinajstić information content (AvgIpc) is 2.26. The highest BCUT2D eigenvalue weighted by molar-refractivity contribution is 5.28. The third kappa shape index (κ3) is 2.89. The molecule has 0 heterocycles. The zero-order valence-corrected chi connectivity index (χ0v) is 8.60. The van der Waals surface area contributed by atoms with Crippen LogP contribution in [0.5, 0.6) is 5.75 Å². The lowest BCUT2D eigenvalue weighted by molar-refractivity contribution is 0.181. The number of aliphatic hydroxyl groups is 1. The van der Waals surface area contributed by atoms with E-state index in [9.17, 15) is 5.11 Å². The van der Waals surface area contributed by atoms with Gasteiger partial charge in [-0.3, -0.25) is 0 Å². The van der Waals surface area contributed by atoms with E-state index >= 15 is 0 Å². The Balaban J connectivity index is 2.66. The van der Waals surface area contributed by atoms with Crippen LogP contribution in [-0.2, 0) is 0 Å². The molecule has 0 spiro atoms. The van der Waals surface area contributed by atoms with E-state index in [2.05, 4.69) is 0 Å². The standard InChI is InChI=1S/C12H16O2/c1-3-4-5-12(13)10-6-8-11(14-2)9-7-10/h3-4,6-9,12-13H,5H2,1-2H3/b4-3+/t12-/m0/s1. The molecular weight excluding hydrogens is 176 g/mol. The van der Waals surface area contributed by atoms with Crippen molar-refractivity contribution in [2.24, 2.45) is 0 Å². The van der Waals surface area contributed by atoms with E-state index in [0.29, 0.717) is 6.42 Å². The fraction of sp³-hybridized carbons (Fsp3) is 0.333. The summed E-state index contributed by atoms with van der Waals surface area (Å²) in [6.45, 7) is 1.95. The van der Waals surface area contributed by atoms with Crippen LogP contribution < -0.4 is 4.74 Å². The van der Waals surface area contributed by atoms with Crippen molar-refractivity contribution >= 4 is 0 Å². The number of methoxy groups -OCH3 is 1. The molecule has 0 aromatic heterocycles. The van der Waals surface area contributed by atoms with E-state index in [-0.39, 0.29) is 0 Å². The minimum absolute atomic E-state index is 0.419. The second kappa shape index (κ2) is 5.45. The zero-order valence-electron chi connectivity index (χ0n) is 8.60. The molecule has 2 heteroatoms. The van der Waals surface area contributed by atoms with Crippen molar-refractivity contribution in [3.8, 4) is 5.75 Å². The van der Waals surface area contributed by atoms with E-state index in [1.54, 1.807) is 7.11 Å². The molecule has 0 amide bonds. The molecule has 0 fully saturated rings. The highest BCUT2D eigenvalue weighted by Gasteiger charge is 2.04. The molecule has 0 saturated carbocycles. The minimum Gasteiger partial charge on any atom is -0.497 e. The van der Waals surface area contributed by atoms with Crippen molar-refractivity contribution in [2.45, 2.75) is 19.4 Å². The van der Waals surface area contributed by atoms with Gasteiger partial charge in [-0.05, 0) is 31.0 Å². The smallest absolute Gasteiger partial charge is 0.118 e. The summed E-state index contributed by atoms with van der Waals surface area (Å²) in [6, 6.07) is 7.47. The molecule has 2 nitrogen and oxygen atoms in total. The van der Waals surface area contributed by atoms with E-state index in [1.807, 2.05) is 43.3 Å². The van der Waals surface area contributed by atoms with Gasteiger partial charge in [0.05, 0.1) is 13.2 Å². The summed E-state index contributed by atoms with van der Waals surface area (Å²) in [6.07, 6.45) is 4.13. The first-order valence-corrected chi connectivity index (χ1v) is 4.71. The predicted octanol–water partition coefficient (Wildman–Crippen LogP) is 2.69. The van der Waals surface area contributed by atoms with Crippen molar-refractivity contribution in [1.82, 2.24) is 0 Å². The predicted molar refractivity (Wildman–Crippen MR) is 57.4 cm³/mol. The molecule has 1 rings (SSSR count). The normalized spacial score (nSPS) is 13.1. The highest BCUT2D eigenvalue weighted by atomic mass is 16.5. The lowest BCUT2D eigenvalue weighted by Gasteiger charge is -2.08. The van der Waals surface area contributed by atoms with E-state index < -0.39 is 6.10 Å². The second-order valence-corrected chi connectivity index (χ2v) is 3.09. The topological polar surface area (TPSA) is 29.5 Å². The van der Waals surface area contributed by atoms with E-state index in [0.717, 1.165) is 11.3 Å². The molecule has 0 bridgehead atoms. The number of hydrogen-bond donors (Lipinski definition) is 1. The molecular formula is C12H16O2. The molecule has 0 unspecified atom stereocenters. The first-order valence-electron chi connectivity index (χ1n) is 4.71. The van der Waals surface area contributed by atoms with Crippen molar-refractivity contribution in [1.29, 1.82) is 0 Å². The monoisotopic (exact) mass is 192 g/mol. The van der Waals surface area contributed by atoms with Crippen LogP contribution in [0.4, 0.5) is 0 Å². The van der Waals surface area contributed by atoms with Gasteiger partial charge in [0, 0.05) is 0 Å². The van der Waals surface area contributed by atoms with E-state index in [4.69, 9.17) is 4.74 Å². The second-order valence-electron chi connectivity index (χ2n) is 3.09. The summed E-state index contributed by atoms with van der Waals surface area (Å²) in [5.41, 5.74) is 0.920. The Labute approximate surface area is 84.8 Å². The van der Waals surface area contributed by atoms with Gasteiger partial charge in [-0.15, -0.1) is 0 Å². The summed E-state index contributed by atoms with van der Waals surface area (Å²) in [7, 11) is 1.63. The largest absolute Gasteiger partial charge is 0.497 e. The quantitative estimate of drug-likeness (QED) is 0.743. The maximum absolute atomic E-state index is 9.72. The molecule has 1 aromatic rings. The lowest BCUT2D eigenvalue weighted by atomic mass is 10.1. The first-order chi connectivity index (χ1) is 6.77. The number of ether oxygens (including phenoxy) is 1. The summed E-state index contributed by atoms with van der Waals surface area (Å²) in [5, 5.41) is 9.72. The Morgan fingerprint density at radius 3 is 2.50 bits per heavy atom. The minimum atomic E-state index is -0.419. The molecule has 1 N–H and O–H groups in total. The van der Waals surface area contributed by atoms with Crippen LogP contribution in [-0.4, -0.2) is 12.2 Å². The number of hydrogen-bond acceptors (Lipinski definition) is 2. The maximum atomic E-state index is 9.72. The van der Waals surface area contributed by atoms with Crippen molar-refractivity contribution in [2.75, 3.05) is 7.11 Å². The number of allylic oxidation sites excluding steroid dienone is 1. The van der Waals surface area contributed by atoms with E-state index in [1.165, 1.54) is 0 Å². The van der Waals surface area contributed by atoms with Gasteiger partial charge in [0.25, 0.3) is 0 Å². The third-order valence-corrected chi connectivity index (χ3v) is 2.10. The van der Waals surface area contributed by atoms with Gasteiger partial charge >= 0.3 is 0 Å². The lowest BCUT2D eigenvalue weighted by Crippen LogP contribution is -1.95. The average molecular weight is 192 g/mol. The van der Waals surface area contributed by atoms with Crippen molar-refractivity contribution < 1.29 is 9.84 Å². The number of rotatable bonds is 4. The summed E-state index contributed by atoms with van der Waals surface area (Å²) < 4.78 is 5.03. The van der Waals surface area contributed by atoms with Gasteiger partial charge in [-0.1, -0.05) is 24.3 Å². The number of aliphatic hydroxyl groups excluding tert-OH is 1. The van der Waals surface area contributed by atoms with Gasteiger partial charge < -0.3 is 9.84 Å². The van der Waals surface area contributed by atoms with Crippen molar-refractivity contribution in [3.05, 3.63) is 42.0 Å². The van der Waals surface area contributed by atoms with Gasteiger partial charge in [-0.25, -0.2) is 0 Å². The maximum Gasteiger partial charge on any atom is 0.118 e. The van der Waals surface area contributed by atoms with Crippen LogP contribution in [0.25, 0.3) is 0 Å². The van der Waals surface area contributed by atoms with Crippen LogP contribution in [0.15, 0.2) is 36.4 Å². The van der Waals surface area contributed by atoms with Crippen molar-refractivity contribution in [3.63, 3.8) is 0 Å². The number of benzene rings is 1. The molecule has 14 heavy (non-hydrogen) atoms. The van der Waals surface area contributed by atoms with Gasteiger partial charge in [-0.2, -0.15) is 0 Å². The molecule has 0 radical (unpaired) electrons. The molecule has 0 aliphatic heterocycles. The van der Waals surface area contributed by atoms with Gasteiger partial charge in [0.1, 0.15) is 5.75 Å². The Bertz CT molecular complexity index is 288. The molecule has 76 valence electrons. The summed E-state index contributed by atoms with van der Waals surface area (Å²) >= 11 is 0. The molecule has 0 saturated heterocycles. The van der Waals surface area contributed by atoms with Crippen LogP contribution >= 0.6 is 0 Å². The third-order valence-electron chi connectivity index (χ3n) is 2.10. The Morgan fingerprint density at radius 1 is 1.36 bits per heavy atom.